The van der Waals surface area contributed by atoms with Crippen LogP contribution in [0.5, 0.6) is 5.75 Å². The molecule has 1 rings (SSSR count). The Labute approximate surface area is 125 Å². The maximum atomic E-state index is 11.8. The lowest BCUT2D eigenvalue weighted by Crippen LogP contribution is -2.30. The molecule has 0 saturated carbocycles. The molecule has 1 atom stereocenters. The largest absolute Gasteiger partial charge is 0.496 e. The minimum Gasteiger partial charge on any atom is -0.496 e. The van der Waals surface area contributed by atoms with Gasteiger partial charge < -0.3 is 15.2 Å². The van der Waals surface area contributed by atoms with Gasteiger partial charge in [-0.25, -0.2) is 0 Å². The summed E-state index contributed by atoms with van der Waals surface area (Å²) in [5.41, 5.74) is 0.993. The minimum absolute atomic E-state index is 0.0160. The minimum atomic E-state index is -0.829. The number of carboxylic acid groups (broad SMARTS) is 1. The molecule has 2 N–H and O–H groups in total. The van der Waals surface area contributed by atoms with E-state index in [1.165, 1.54) is 0 Å². The number of ether oxygens (including phenoxy) is 1. The molecule has 0 aliphatic carbocycles. The lowest BCUT2D eigenvalue weighted by Gasteiger charge is -2.13. The van der Waals surface area contributed by atoms with Gasteiger partial charge in [-0.2, -0.15) is 0 Å². The Balaban J connectivity index is 2.38. The van der Waals surface area contributed by atoms with Crippen LogP contribution in [0.15, 0.2) is 24.3 Å². The van der Waals surface area contributed by atoms with Crippen molar-refractivity contribution in [3.8, 4) is 5.75 Å². The molecule has 0 bridgehead atoms. The first-order chi connectivity index (χ1) is 10.1. The quantitative estimate of drug-likeness (QED) is 0.732. The summed E-state index contributed by atoms with van der Waals surface area (Å²) >= 11 is 0. The summed E-state index contributed by atoms with van der Waals surface area (Å²) in [6, 6.07) is 7.61. The molecule has 1 amide bonds. The highest BCUT2D eigenvalue weighted by atomic mass is 16.5. The van der Waals surface area contributed by atoms with E-state index in [1.807, 2.05) is 31.2 Å². The van der Waals surface area contributed by atoms with E-state index in [0.29, 0.717) is 19.4 Å². The van der Waals surface area contributed by atoms with Gasteiger partial charge in [-0.1, -0.05) is 31.5 Å². The summed E-state index contributed by atoms with van der Waals surface area (Å²) in [5.74, 6) is -0.129. The molecule has 0 aromatic heterocycles. The lowest BCUT2D eigenvalue weighted by atomic mass is 10.0. The van der Waals surface area contributed by atoms with E-state index in [0.717, 1.165) is 17.7 Å². The van der Waals surface area contributed by atoms with Crippen molar-refractivity contribution in [2.45, 2.75) is 32.6 Å². The van der Waals surface area contributed by atoms with E-state index >= 15 is 0 Å². The Kier molecular flexibility index (Phi) is 7.29. The first-order valence-corrected chi connectivity index (χ1v) is 7.17. The number of para-hydroxylation sites is 1. The Morgan fingerprint density at radius 1 is 1.33 bits per heavy atom. The summed E-state index contributed by atoms with van der Waals surface area (Å²) in [6.45, 7) is 2.34. The second-order valence-corrected chi connectivity index (χ2v) is 4.99. The number of carboxylic acids is 1. The molecule has 5 nitrogen and oxygen atoms in total. The summed E-state index contributed by atoms with van der Waals surface area (Å²) in [4.78, 5) is 22.5. The Morgan fingerprint density at radius 3 is 2.67 bits per heavy atom. The highest BCUT2D eigenvalue weighted by molar-refractivity contribution is 5.76. The van der Waals surface area contributed by atoms with Gasteiger partial charge in [0.05, 0.1) is 7.11 Å². The van der Waals surface area contributed by atoms with Crippen LogP contribution >= 0.6 is 0 Å². The van der Waals surface area contributed by atoms with Crippen molar-refractivity contribution in [3.05, 3.63) is 29.8 Å². The molecule has 0 aliphatic heterocycles. The van der Waals surface area contributed by atoms with Gasteiger partial charge >= 0.3 is 5.97 Å². The lowest BCUT2D eigenvalue weighted by molar-refractivity contribution is -0.138. The number of benzene rings is 1. The third-order valence-electron chi connectivity index (χ3n) is 3.44. The zero-order valence-electron chi connectivity index (χ0n) is 12.6. The van der Waals surface area contributed by atoms with Gasteiger partial charge in [0.2, 0.25) is 5.91 Å². The number of aliphatic carboxylic acids is 1. The average molecular weight is 293 g/mol. The summed E-state index contributed by atoms with van der Waals surface area (Å²) in [6.07, 6.45) is 1.79. The highest BCUT2D eigenvalue weighted by Crippen LogP contribution is 2.18. The zero-order chi connectivity index (χ0) is 15.7. The smallest absolute Gasteiger partial charge is 0.303 e. The van der Waals surface area contributed by atoms with Crippen LogP contribution in [-0.2, 0) is 16.0 Å². The van der Waals surface area contributed by atoms with Crippen molar-refractivity contribution in [1.82, 2.24) is 5.32 Å². The summed E-state index contributed by atoms with van der Waals surface area (Å²) < 4.78 is 5.24. The van der Waals surface area contributed by atoms with Gasteiger partial charge in [-0.15, -0.1) is 0 Å². The van der Waals surface area contributed by atoms with Gasteiger partial charge in [0.15, 0.2) is 0 Å². The molecule has 0 fully saturated rings. The molecular formula is C16H23NO4. The number of hydrogen-bond acceptors (Lipinski definition) is 3. The van der Waals surface area contributed by atoms with Gasteiger partial charge in [-0.05, 0) is 24.0 Å². The van der Waals surface area contributed by atoms with Crippen molar-refractivity contribution < 1.29 is 19.4 Å². The fourth-order valence-corrected chi connectivity index (χ4v) is 2.11. The van der Waals surface area contributed by atoms with Crippen molar-refractivity contribution >= 4 is 11.9 Å². The Morgan fingerprint density at radius 2 is 2.05 bits per heavy atom. The molecule has 21 heavy (non-hydrogen) atoms. The van der Waals surface area contributed by atoms with E-state index in [1.54, 1.807) is 7.11 Å². The number of carbonyl (C=O) groups excluding carboxylic acids is 1. The predicted molar refractivity (Wildman–Crippen MR) is 80.4 cm³/mol. The number of hydrogen-bond donors (Lipinski definition) is 2. The third kappa shape index (κ3) is 6.29. The molecule has 116 valence electrons. The Hall–Kier alpha value is -2.04. The zero-order valence-corrected chi connectivity index (χ0v) is 12.6. The van der Waals surface area contributed by atoms with Gasteiger partial charge in [0, 0.05) is 19.4 Å². The standard InChI is InChI=1S/C16H23NO4/c1-3-12(10-16(19)20)11-17-15(18)9-8-13-6-4-5-7-14(13)21-2/h4-7,12H,3,8-11H2,1-2H3,(H,17,18)(H,19,20). The molecule has 0 radical (unpaired) electrons. The number of carbonyl (C=O) groups is 2. The number of rotatable bonds is 9. The predicted octanol–water partition coefficient (Wildman–Crippen LogP) is 2.24. The maximum Gasteiger partial charge on any atom is 0.303 e. The molecule has 1 unspecified atom stereocenters. The first kappa shape index (κ1) is 17.0. The fraction of sp³-hybridized carbons (Fsp3) is 0.500. The van der Waals surface area contributed by atoms with Crippen molar-refractivity contribution in [3.63, 3.8) is 0 Å². The normalized spacial score (nSPS) is 11.7. The molecule has 0 saturated heterocycles. The molecule has 0 aliphatic rings. The van der Waals surface area contributed by atoms with Crippen LogP contribution < -0.4 is 10.1 Å². The second kappa shape index (κ2) is 9.00. The van der Waals surface area contributed by atoms with E-state index in [4.69, 9.17) is 9.84 Å². The first-order valence-electron chi connectivity index (χ1n) is 7.17. The molecule has 0 heterocycles. The molecule has 1 aromatic rings. The van der Waals surface area contributed by atoms with E-state index in [9.17, 15) is 9.59 Å². The second-order valence-electron chi connectivity index (χ2n) is 4.99. The van der Waals surface area contributed by atoms with Crippen LogP contribution in [0.25, 0.3) is 0 Å². The number of aryl methyl sites for hydroxylation is 1. The van der Waals surface area contributed by atoms with E-state index in [-0.39, 0.29) is 18.2 Å². The van der Waals surface area contributed by atoms with Gasteiger partial charge in [0.25, 0.3) is 0 Å². The maximum absolute atomic E-state index is 11.8. The molecular weight excluding hydrogens is 270 g/mol. The molecule has 0 spiro atoms. The topological polar surface area (TPSA) is 75.6 Å². The van der Waals surface area contributed by atoms with Crippen LogP contribution in [0.4, 0.5) is 0 Å². The Bertz CT molecular complexity index is 473. The number of amides is 1. The van der Waals surface area contributed by atoms with Gasteiger partial charge in [0.1, 0.15) is 5.75 Å². The van der Waals surface area contributed by atoms with Crippen molar-refractivity contribution in [2.24, 2.45) is 5.92 Å². The molecule has 5 heteroatoms. The number of methoxy groups -OCH3 is 1. The van der Waals surface area contributed by atoms with Gasteiger partial charge in [-0.3, -0.25) is 9.59 Å². The van der Waals surface area contributed by atoms with Crippen LogP contribution in [-0.4, -0.2) is 30.6 Å². The third-order valence-corrected chi connectivity index (χ3v) is 3.44. The SMILES string of the molecule is CCC(CNC(=O)CCc1ccccc1OC)CC(=O)O. The molecule has 1 aromatic carbocycles. The van der Waals surface area contributed by atoms with E-state index < -0.39 is 5.97 Å². The van der Waals surface area contributed by atoms with Crippen LogP contribution in [0.1, 0.15) is 31.7 Å². The highest BCUT2D eigenvalue weighted by Gasteiger charge is 2.13. The van der Waals surface area contributed by atoms with Crippen molar-refractivity contribution in [1.29, 1.82) is 0 Å². The average Bonchev–Trinajstić information content (AvgIpc) is 2.49. The fourth-order valence-electron chi connectivity index (χ4n) is 2.11. The summed E-state index contributed by atoms with van der Waals surface area (Å²) in [5, 5.41) is 11.6. The van der Waals surface area contributed by atoms with Crippen LogP contribution in [0, 0.1) is 5.92 Å². The van der Waals surface area contributed by atoms with Crippen molar-refractivity contribution in [2.75, 3.05) is 13.7 Å². The number of nitrogens with one attached hydrogen (secondary N) is 1. The van der Waals surface area contributed by atoms with Crippen LogP contribution in [0.2, 0.25) is 0 Å². The summed E-state index contributed by atoms with van der Waals surface area (Å²) in [7, 11) is 1.61. The van der Waals surface area contributed by atoms with Crippen LogP contribution in [0.3, 0.4) is 0 Å². The monoisotopic (exact) mass is 293 g/mol. The van der Waals surface area contributed by atoms with E-state index in [2.05, 4.69) is 5.32 Å².